The highest BCUT2D eigenvalue weighted by Crippen LogP contribution is 2.38. The lowest BCUT2D eigenvalue weighted by Crippen LogP contribution is -2.26. The SMILES string of the molecule is CC(Nc1ccnc2ccnn12)c1cc2cccc(-c3cnn(C)c3)c2c(=O)n1C1CC1. The molecular formula is C24H23N7O. The summed E-state index contributed by atoms with van der Waals surface area (Å²) in [6.07, 6.45) is 9.31. The first-order valence-electron chi connectivity index (χ1n) is 10.8. The lowest BCUT2D eigenvalue weighted by atomic mass is 10.00. The minimum atomic E-state index is -0.0930. The highest BCUT2D eigenvalue weighted by atomic mass is 16.1. The molecule has 8 heteroatoms. The van der Waals surface area contributed by atoms with Gasteiger partial charge in [0.25, 0.3) is 5.56 Å². The minimum Gasteiger partial charge on any atom is -0.362 e. The van der Waals surface area contributed by atoms with Crippen LogP contribution in [0.15, 0.2) is 66.0 Å². The molecule has 1 fully saturated rings. The third-order valence-electron chi connectivity index (χ3n) is 6.14. The molecule has 0 bridgehead atoms. The van der Waals surface area contributed by atoms with Crippen molar-refractivity contribution in [2.45, 2.75) is 31.8 Å². The standard InChI is InChI=1S/C24H23N7O/c1-15(28-22-8-10-25-21-9-11-26-31(21)22)20-12-16-4-3-5-19(17-13-27-29(2)14-17)23(16)24(32)30(20)18-6-7-18/h3-5,8-15,18,28H,6-7H2,1-2H3. The summed E-state index contributed by atoms with van der Waals surface area (Å²) in [5.41, 5.74) is 3.70. The van der Waals surface area contributed by atoms with E-state index < -0.39 is 0 Å². The third-order valence-corrected chi connectivity index (χ3v) is 6.14. The van der Waals surface area contributed by atoms with Gasteiger partial charge in [-0.15, -0.1) is 0 Å². The van der Waals surface area contributed by atoms with Gasteiger partial charge in [-0.25, -0.2) is 4.98 Å². The van der Waals surface area contributed by atoms with Crippen LogP contribution in [-0.4, -0.2) is 28.9 Å². The van der Waals surface area contributed by atoms with E-state index in [1.165, 1.54) is 0 Å². The average molecular weight is 425 g/mol. The molecule has 4 aromatic heterocycles. The van der Waals surface area contributed by atoms with Crippen molar-refractivity contribution in [3.63, 3.8) is 0 Å². The van der Waals surface area contributed by atoms with E-state index in [-0.39, 0.29) is 17.6 Å². The van der Waals surface area contributed by atoms with Gasteiger partial charge in [0.15, 0.2) is 5.65 Å². The zero-order valence-electron chi connectivity index (χ0n) is 17.9. The molecule has 6 rings (SSSR count). The van der Waals surface area contributed by atoms with Gasteiger partial charge in [0.1, 0.15) is 5.82 Å². The molecule has 1 N–H and O–H groups in total. The Morgan fingerprint density at radius 3 is 2.78 bits per heavy atom. The van der Waals surface area contributed by atoms with Crippen LogP contribution in [0.4, 0.5) is 5.82 Å². The van der Waals surface area contributed by atoms with Crippen molar-refractivity contribution in [3.05, 3.63) is 77.2 Å². The summed E-state index contributed by atoms with van der Waals surface area (Å²) in [7, 11) is 1.89. The summed E-state index contributed by atoms with van der Waals surface area (Å²) < 4.78 is 5.53. The number of aryl methyl sites for hydroxylation is 1. The highest BCUT2D eigenvalue weighted by molar-refractivity contribution is 5.96. The molecule has 1 unspecified atom stereocenters. The Hall–Kier alpha value is -3.94. The molecule has 4 heterocycles. The van der Waals surface area contributed by atoms with Gasteiger partial charge in [-0.05, 0) is 42.8 Å². The molecular weight excluding hydrogens is 402 g/mol. The van der Waals surface area contributed by atoms with Crippen LogP contribution in [0.3, 0.4) is 0 Å². The van der Waals surface area contributed by atoms with Gasteiger partial charge in [0, 0.05) is 42.8 Å². The number of benzene rings is 1. The van der Waals surface area contributed by atoms with Crippen LogP contribution in [0.5, 0.6) is 0 Å². The van der Waals surface area contributed by atoms with E-state index >= 15 is 0 Å². The number of pyridine rings is 1. The fourth-order valence-corrected chi connectivity index (χ4v) is 4.48. The van der Waals surface area contributed by atoms with Crippen molar-refractivity contribution < 1.29 is 0 Å². The average Bonchev–Trinajstić information content (AvgIpc) is 3.33. The van der Waals surface area contributed by atoms with E-state index in [0.717, 1.165) is 51.9 Å². The van der Waals surface area contributed by atoms with Gasteiger partial charge in [-0.1, -0.05) is 18.2 Å². The Morgan fingerprint density at radius 1 is 1.12 bits per heavy atom. The summed E-state index contributed by atoms with van der Waals surface area (Å²) in [5, 5.41) is 13.9. The molecule has 1 aromatic carbocycles. The van der Waals surface area contributed by atoms with E-state index in [1.807, 2.05) is 54.3 Å². The monoisotopic (exact) mass is 425 g/mol. The second-order valence-corrected chi connectivity index (χ2v) is 8.45. The summed E-state index contributed by atoms with van der Waals surface area (Å²) in [6.45, 7) is 2.08. The van der Waals surface area contributed by atoms with Crippen LogP contribution < -0.4 is 10.9 Å². The molecule has 1 aliphatic carbocycles. The Labute approximate surface area is 184 Å². The van der Waals surface area contributed by atoms with Crippen LogP contribution >= 0.6 is 0 Å². The Bertz CT molecular complexity index is 1520. The quantitative estimate of drug-likeness (QED) is 0.461. The van der Waals surface area contributed by atoms with Crippen molar-refractivity contribution in [3.8, 4) is 11.1 Å². The molecule has 160 valence electrons. The van der Waals surface area contributed by atoms with Crippen molar-refractivity contribution in [2.75, 3.05) is 5.32 Å². The lowest BCUT2D eigenvalue weighted by molar-refractivity contribution is 0.634. The van der Waals surface area contributed by atoms with Gasteiger partial charge in [0.05, 0.1) is 23.8 Å². The second kappa shape index (κ2) is 7.05. The van der Waals surface area contributed by atoms with Gasteiger partial charge >= 0.3 is 0 Å². The molecule has 0 aliphatic heterocycles. The summed E-state index contributed by atoms with van der Waals surface area (Å²) in [5.74, 6) is 0.839. The normalized spacial score (nSPS) is 14.8. The smallest absolute Gasteiger partial charge is 0.259 e. The first kappa shape index (κ1) is 18.8. The van der Waals surface area contributed by atoms with Crippen molar-refractivity contribution in [2.24, 2.45) is 7.05 Å². The Balaban J connectivity index is 1.51. The van der Waals surface area contributed by atoms with E-state index in [9.17, 15) is 4.79 Å². The molecule has 1 atom stereocenters. The maximum atomic E-state index is 13.8. The number of aromatic nitrogens is 6. The fraction of sp³-hybridized carbons (Fsp3) is 0.250. The topological polar surface area (TPSA) is 82.0 Å². The number of fused-ring (bicyclic) bond motifs is 2. The number of hydrogen-bond acceptors (Lipinski definition) is 5. The van der Waals surface area contributed by atoms with Crippen LogP contribution in [0.2, 0.25) is 0 Å². The highest BCUT2D eigenvalue weighted by Gasteiger charge is 2.30. The molecule has 0 spiro atoms. The molecule has 8 nitrogen and oxygen atoms in total. The van der Waals surface area contributed by atoms with Gasteiger partial charge in [-0.2, -0.15) is 14.7 Å². The van der Waals surface area contributed by atoms with Crippen molar-refractivity contribution in [1.29, 1.82) is 0 Å². The summed E-state index contributed by atoms with van der Waals surface area (Å²) in [4.78, 5) is 18.2. The van der Waals surface area contributed by atoms with Gasteiger partial charge < -0.3 is 9.88 Å². The number of hydrogen-bond donors (Lipinski definition) is 1. The molecule has 32 heavy (non-hydrogen) atoms. The molecule has 0 saturated heterocycles. The van der Waals surface area contributed by atoms with Crippen LogP contribution in [-0.2, 0) is 7.05 Å². The number of rotatable bonds is 5. The van der Waals surface area contributed by atoms with Crippen molar-refractivity contribution >= 4 is 22.2 Å². The first-order valence-corrected chi connectivity index (χ1v) is 10.8. The zero-order chi connectivity index (χ0) is 21.8. The van der Waals surface area contributed by atoms with Crippen LogP contribution in [0, 0.1) is 0 Å². The fourth-order valence-electron chi connectivity index (χ4n) is 4.48. The summed E-state index contributed by atoms with van der Waals surface area (Å²) in [6, 6.07) is 12.1. The van der Waals surface area contributed by atoms with E-state index in [2.05, 4.69) is 33.5 Å². The number of anilines is 1. The molecule has 1 aliphatic rings. The largest absolute Gasteiger partial charge is 0.362 e. The number of nitrogens with zero attached hydrogens (tertiary/aromatic N) is 6. The number of nitrogens with one attached hydrogen (secondary N) is 1. The maximum absolute atomic E-state index is 13.8. The second-order valence-electron chi connectivity index (χ2n) is 8.45. The minimum absolute atomic E-state index is 0.0621. The zero-order valence-corrected chi connectivity index (χ0v) is 17.9. The van der Waals surface area contributed by atoms with Crippen molar-refractivity contribution in [1.82, 2.24) is 28.9 Å². The molecule has 1 saturated carbocycles. The van der Waals surface area contributed by atoms with Crippen LogP contribution in [0.1, 0.15) is 37.5 Å². The molecule has 0 amide bonds. The molecule has 0 radical (unpaired) electrons. The predicted molar refractivity (Wildman–Crippen MR) is 124 cm³/mol. The molecule has 5 aromatic rings. The lowest BCUT2D eigenvalue weighted by Gasteiger charge is -2.22. The Morgan fingerprint density at radius 2 is 2.00 bits per heavy atom. The van der Waals surface area contributed by atoms with Gasteiger partial charge in [0.2, 0.25) is 0 Å². The maximum Gasteiger partial charge on any atom is 0.259 e. The van der Waals surface area contributed by atoms with E-state index in [1.54, 1.807) is 21.6 Å². The Kier molecular flexibility index (Phi) is 4.14. The predicted octanol–water partition coefficient (Wildman–Crippen LogP) is 3.95. The first-order chi connectivity index (χ1) is 15.6. The third kappa shape index (κ3) is 2.98. The van der Waals surface area contributed by atoms with E-state index in [4.69, 9.17) is 0 Å². The summed E-state index contributed by atoms with van der Waals surface area (Å²) >= 11 is 0. The van der Waals surface area contributed by atoms with E-state index in [0.29, 0.717) is 0 Å². The van der Waals surface area contributed by atoms with Crippen LogP contribution in [0.25, 0.3) is 27.5 Å². The van der Waals surface area contributed by atoms with Gasteiger partial charge in [-0.3, -0.25) is 9.48 Å².